The molecule has 2 rings (SSSR count). The van der Waals surface area contributed by atoms with Crippen molar-refractivity contribution in [2.75, 3.05) is 12.3 Å². The lowest BCUT2D eigenvalue weighted by Crippen LogP contribution is -2.29. The van der Waals surface area contributed by atoms with Gasteiger partial charge in [0.05, 0.1) is 12.8 Å². The number of nitriles is 1. The minimum atomic E-state index is -0.593. The highest BCUT2D eigenvalue weighted by Gasteiger charge is 2.25. The van der Waals surface area contributed by atoms with E-state index in [2.05, 4.69) is 5.10 Å². The van der Waals surface area contributed by atoms with E-state index in [0.29, 0.717) is 12.5 Å². The summed E-state index contributed by atoms with van der Waals surface area (Å²) in [5, 5.41) is 12.5. The molecule has 1 unspecified atom stereocenters. The first-order valence-electron chi connectivity index (χ1n) is 5.53. The third kappa shape index (κ3) is 2.45. The highest BCUT2D eigenvalue weighted by molar-refractivity contribution is 5.85. The zero-order chi connectivity index (χ0) is 12.4. The van der Waals surface area contributed by atoms with Gasteiger partial charge in [0.1, 0.15) is 23.6 Å². The third-order valence-corrected chi connectivity index (χ3v) is 2.76. The Balaban J connectivity index is 2.02. The number of nitrogen functional groups attached to an aromatic ring is 1. The van der Waals surface area contributed by atoms with Crippen LogP contribution in [-0.2, 0) is 4.74 Å². The van der Waals surface area contributed by atoms with Gasteiger partial charge in [-0.3, -0.25) is 4.79 Å². The number of aromatic nitrogens is 2. The van der Waals surface area contributed by atoms with E-state index in [4.69, 9.17) is 15.7 Å². The fourth-order valence-electron chi connectivity index (χ4n) is 1.43. The summed E-state index contributed by atoms with van der Waals surface area (Å²) < 4.78 is 6.46. The summed E-state index contributed by atoms with van der Waals surface area (Å²) in [4.78, 5) is 11.9. The van der Waals surface area contributed by atoms with Crippen LogP contribution in [0.15, 0.2) is 6.20 Å². The van der Waals surface area contributed by atoms with Crippen molar-refractivity contribution in [1.82, 2.24) is 9.78 Å². The topological polar surface area (TPSA) is 93.9 Å². The number of rotatable bonds is 4. The van der Waals surface area contributed by atoms with Gasteiger partial charge in [0.25, 0.3) is 5.91 Å². The largest absolute Gasteiger partial charge is 0.382 e. The van der Waals surface area contributed by atoms with Gasteiger partial charge in [-0.15, -0.1) is 0 Å². The normalized spacial score (nSPS) is 16.5. The van der Waals surface area contributed by atoms with Crippen LogP contribution in [0.25, 0.3) is 0 Å². The molecule has 1 aromatic heterocycles. The molecule has 1 saturated carbocycles. The van der Waals surface area contributed by atoms with Crippen LogP contribution in [0.1, 0.15) is 30.1 Å². The van der Waals surface area contributed by atoms with Gasteiger partial charge in [-0.2, -0.15) is 15.0 Å². The van der Waals surface area contributed by atoms with Gasteiger partial charge in [0.15, 0.2) is 0 Å². The molecule has 6 nitrogen and oxygen atoms in total. The van der Waals surface area contributed by atoms with Gasteiger partial charge in [-0.25, -0.2) is 0 Å². The molecule has 1 atom stereocenters. The minimum Gasteiger partial charge on any atom is -0.382 e. The van der Waals surface area contributed by atoms with Gasteiger partial charge in [-0.05, 0) is 25.7 Å². The lowest BCUT2D eigenvalue weighted by Gasteiger charge is -2.12. The van der Waals surface area contributed by atoms with Crippen LogP contribution in [0.3, 0.4) is 0 Å². The molecule has 1 fully saturated rings. The van der Waals surface area contributed by atoms with Crippen LogP contribution in [0.4, 0.5) is 5.82 Å². The molecule has 0 aromatic carbocycles. The van der Waals surface area contributed by atoms with Crippen LogP contribution >= 0.6 is 0 Å². The average Bonchev–Trinajstić information content (AvgIpc) is 3.08. The number of ether oxygens (including phenoxy) is 1. The second kappa shape index (κ2) is 4.55. The van der Waals surface area contributed by atoms with Crippen molar-refractivity contribution in [3.63, 3.8) is 0 Å². The van der Waals surface area contributed by atoms with E-state index in [1.807, 2.05) is 6.07 Å². The standard InChI is InChI=1S/C11H14N4O2/c1-7(17-6-8-2-3-8)11(16)15-10(13)9(4-12)5-14-15/h5,7-8H,2-3,6,13H2,1H3. The van der Waals surface area contributed by atoms with E-state index in [0.717, 1.165) is 4.68 Å². The minimum absolute atomic E-state index is 0.0689. The summed E-state index contributed by atoms with van der Waals surface area (Å²) >= 11 is 0. The van der Waals surface area contributed by atoms with Crippen LogP contribution in [0.5, 0.6) is 0 Å². The number of anilines is 1. The van der Waals surface area contributed by atoms with Crippen molar-refractivity contribution in [3.8, 4) is 6.07 Å². The Hall–Kier alpha value is -1.87. The molecule has 1 aliphatic carbocycles. The number of hydrogen-bond donors (Lipinski definition) is 1. The zero-order valence-electron chi connectivity index (χ0n) is 9.59. The molecule has 1 heterocycles. The molecule has 90 valence electrons. The number of carbonyl (C=O) groups excluding carboxylic acids is 1. The van der Waals surface area contributed by atoms with Crippen molar-refractivity contribution in [1.29, 1.82) is 5.26 Å². The Kier molecular flexibility index (Phi) is 3.11. The fourth-order valence-corrected chi connectivity index (χ4v) is 1.43. The van der Waals surface area contributed by atoms with E-state index >= 15 is 0 Å². The lowest BCUT2D eigenvalue weighted by molar-refractivity contribution is 0.0352. The van der Waals surface area contributed by atoms with Crippen molar-refractivity contribution in [2.45, 2.75) is 25.9 Å². The summed E-state index contributed by atoms with van der Waals surface area (Å²) in [6.45, 7) is 2.26. The zero-order valence-corrected chi connectivity index (χ0v) is 9.59. The Morgan fingerprint density at radius 2 is 2.53 bits per heavy atom. The molecular weight excluding hydrogens is 220 g/mol. The van der Waals surface area contributed by atoms with Gasteiger partial charge >= 0.3 is 0 Å². The number of hydrogen-bond acceptors (Lipinski definition) is 5. The van der Waals surface area contributed by atoms with Crippen molar-refractivity contribution < 1.29 is 9.53 Å². The first-order valence-corrected chi connectivity index (χ1v) is 5.53. The first-order chi connectivity index (χ1) is 8.13. The molecule has 0 amide bonds. The van der Waals surface area contributed by atoms with E-state index in [1.54, 1.807) is 6.92 Å². The maximum Gasteiger partial charge on any atom is 0.277 e. The second-order valence-electron chi connectivity index (χ2n) is 4.22. The van der Waals surface area contributed by atoms with Crippen LogP contribution < -0.4 is 5.73 Å². The molecule has 0 spiro atoms. The Morgan fingerprint density at radius 3 is 3.06 bits per heavy atom. The van der Waals surface area contributed by atoms with E-state index < -0.39 is 6.10 Å². The summed E-state index contributed by atoms with van der Waals surface area (Å²) in [5.74, 6) is 0.318. The second-order valence-corrected chi connectivity index (χ2v) is 4.22. The molecule has 0 radical (unpaired) electrons. The molecule has 1 aliphatic rings. The molecule has 2 N–H and O–H groups in total. The monoisotopic (exact) mass is 234 g/mol. The van der Waals surface area contributed by atoms with Crippen molar-refractivity contribution >= 4 is 11.7 Å². The Bertz CT molecular complexity index is 470. The highest BCUT2D eigenvalue weighted by atomic mass is 16.5. The highest BCUT2D eigenvalue weighted by Crippen LogP contribution is 2.29. The van der Waals surface area contributed by atoms with Gasteiger partial charge in [-0.1, -0.05) is 0 Å². The quantitative estimate of drug-likeness (QED) is 0.831. The predicted molar refractivity (Wildman–Crippen MR) is 60.1 cm³/mol. The van der Waals surface area contributed by atoms with Crippen LogP contribution in [0, 0.1) is 17.2 Å². The molecule has 0 bridgehead atoms. The maximum absolute atomic E-state index is 11.9. The number of nitrogens with two attached hydrogens (primary N) is 1. The lowest BCUT2D eigenvalue weighted by atomic mass is 10.3. The predicted octanol–water partition coefficient (Wildman–Crippen LogP) is 0.792. The first kappa shape index (κ1) is 11.6. The van der Waals surface area contributed by atoms with E-state index in [-0.39, 0.29) is 17.3 Å². The summed E-state index contributed by atoms with van der Waals surface area (Å²) in [6, 6.07) is 1.87. The van der Waals surface area contributed by atoms with Crippen molar-refractivity contribution in [2.24, 2.45) is 5.92 Å². The van der Waals surface area contributed by atoms with Crippen molar-refractivity contribution in [3.05, 3.63) is 11.8 Å². The van der Waals surface area contributed by atoms with E-state index in [9.17, 15) is 4.79 Å². The van der Waals surface area contributed by atoms with Crippen LogP contribution in [-0.4, -0.2) is 28.4 Å². The molecule has 0 aliphatic heterocycles. The van der Waals surface area contributed by atoms with Gasteiger partial charge in [0.2, 0.25) is 0 Å². The fraction of sp³-hybridized carbons (Fsp3) is 0.545. The molecular formula is C11H14N4O2. The summed E-state index contributed by atoms with van der Waals surface area (Å²) in [7, 11) is 0. The average molecular weight is 234 g/mol. The maximum atomic E-state index is 11.9. The Labute approximate surface area is 99.0 Å². The molecule has 1 aromatic rings. The molecule has 0 saturated heterocycles. The number of nitrogens with zero attached hydrogens (tertiary/aromatic N) is 3. The Morgan fingerprint density at radius 1 is 1.82 bits per heavy atom. The SMILES string of the molecule is CC(OCC1CC1)C(=O)n1ncc(C#N)c1N. The van der Waals surface area contributed by atoms with Gasteiger partial charge < -0.3 is 10.5 Å². The third-order valence-electron chi connectivity index (χ3n) is 2.76. The van der Waals surface area contributed by atoms with E-state index in [1.165, 1.54) is 19.0 Å². The van der Waals surface area contributed by atoms with Crippen LogP contribution in [0.2, 0.25) is 0 Å². The summed E-state index contributed by atoms with van der Waals surface area (Å²) in [5.41, 5.74) is 5.82. The molecule has 6 heteroatoms. The number of carbonyl (C=O) groups is 1. The smallest absolute Gasteiger partial charge is 0.277 e. The van der Waals surface area contributed by atoms with Gasteiger partial charge in [0, 0.05) is 0 Å². The molecule has 17 heavy (non-hydrogen) atoms. The summed E-state index contributed by atoms with van der Waals surface area (Å²) in [6.07, 6.45) is 3.03.